The summed E-state index contributed by atoms with van der Waals surface area (Å²) in [6.45, 7) is 5.19. The van der Waals surface area contributed by atoms with Gasteiger partial charge in [-0.15, -0.1) is 23.9 Å². The SMILES string of the molecule is C#CC[C@@H](C(=O)CN(C[C@@H]1CCNC1=O)C(=O)CCl)n1cccc(NC(=O)OC(C)(C)C)c1=O. The molecule has 1 fully saturated rings. The van der Waals surface area contributed by atoms with Crippen LogP contribution in [0.4, 0.5) is 10.5 Å². The zero-order chi connectivity index (χ0) is 25.5. The van der Waals surface area contributed by atoms with Gasteiger partial charge in [-0.3, -0.25) is 24.5 Å². The van der Waals surface area contributed by atoms with Gasteiger partial charge in [-0.2, -0.15) is 0 Å². The molecule has 0 unspecified atom stereocenters. The third-order valence-electron chi connectivity index (χ3n) is 5.05. The van der Waals surface area contributed by atoms with Crippen LogP contribution in [0, 0.1) is 18.3 Å². The smallest absolute Gasteiger partial charge is 0.412 e. The minimum atomic E-state index is -1.10. The number of hydrogen-bond acceptors (Lipinski definition) is 6. The number of nitrogens with one attached hydrogen (secondary N) is 2. The second-order valence-electron chi connectivity index (χ2n) is 8.84. The Bertz CT molecular complexity index is 1040. The van der Waals surface area contributed by atoms with Crippen molar-refractivity contribution in [2.75, 3.05) is 30.8 Å². The third-order valence-corrected chi connectivity index (χ3v) is 5.27. The summed E-state index contributed by atoms with van der Waals surface area (Å²) in [6, 6.07) is 1.76. The molecule has 1 aliphatic rings. The molecule has 0 bridgehead atoms. The molecule has 11 heteroatoms. The molecule has 34 heavy (non-hydrogen) atoms. The number of Topliss-reactive ketones (excluding diaryl/α,β-unsaturated/α-hetero) is 1. The molecule has 0 saturated carbocycles. The lowest BCUT2D eigenvalue weighted by atomic mass is 10.1. The highest BCUT2D eigenvalue weighted by atomic mass is 35.5. The van der Waals surface area contributed by atoms with Gasteiger partial charge in [0.05, 0.1) is 12.5 Å². The Morgan fingerprint density at radius 3 is 2.65 bits per heavy atom. The van der Waals surface area contributed by atoms with E-state index < -0.39 is 40.9 Å². The van der Waals surface area contributed by atoms with E-state index in [0.717, 1.165) is 4.57 Å². The van der Waals surface area contributed by atoms with Gasteiger partial charge in [0.2, 0.25) is 11.8 Å². The molecule has 2 N–H and O–H groups in total. The van der Waals surface area contributed by atoms with Crippen LogP contribution in [0.25, 0.3) is 0 Å². The van der Waals surface area contributed by atoms with E-state index in [1.165, 1.54) is 23.2 Å². The first-order chi connectivity index (χ1) is 16.0. The Kier molecular flexibility index (Phi) is 9.27. The molecule has 2 rings (SSSR count). The molecule has 2 heterocycles. The van der Waals surface area contributed by atoms with Crippen molar-refractivity contribution in [2.45, 2.75) is 45.3 Å². The van der Waals surface area contributed by atoms with Crippen molar-refractivity contribution in [3.05, 3.63) is 28.7 Å². The standard InChI is InChI=1S/C23H29ClN4O6/c1-5-7-17(18(29)14-27(19(30)12-24)13-15-9-10-25-20(15)31)28-11-6-8-16(21(28)32)26-22(33)34-23(2,3)4/h1,6,8,11,15,17H,7,9-10,12-14H2,2-4H3,(H,25,31)(H,26,33)/t15-,17-/m0/s1. The highest BCUT2D eigenvalue weighted by molar-refractivity contribution is 6.27. The number of pyridine rings is 1. The topological polar surface area (TPSA) is 127 Å². The number of alkyl halides is 1. The van der Waals surface area contributed by atoms with E-state index in [1.54, 1.807) is 20.8 Å². The van der Waals surface area contributed by atoms with E-state index in [-0.39, 0.29) is 37.0 Å². The average Bonchev–Trinajstić information content (AvgIpc) is 3.15. The second-order valence-corrected chi connectivity index (χ2v) is 9.10. The van der Waals surface area contributed by atoms with Crippen molar-refractivity contribution in [1.82, 2.24) is 14.8 Å². The largest absolute Gasteiger partial charge is 0.444 e. The first-order valence-electron chi connectivity index (χ1n) is 10.8. The highest BCUT2D eigenvalue weighted by Crippen LogP contribution is 2.17. The summed E-state index contributed by atoms with van der Waals surface area (Å²) in [5.41, 5.74) is -1.52. The minimum absolute atomic E-state index is 0.0288. The van der Waals surface area contributed by atoms with Crippen LogP contribution in [0.2, 0.25) is 0 Å². The maximum absolute atomic E-state index is 13.2. The van der Waals surface area contributed by atoms with Crippen molar-refractivity contribution >= 4 is 41.0 Å². The van der Waals surface area contributed by atoms with Gasteiger partial charge in [0.25, 0.3) is 5.56 Å². The molecule has 10 nitrogen and oxygen atoms in total. The fourth-order valence-corrected chi connectivity index (χ4v) is 3.63. The van der Waals surface area contributed by atoms with Gasteiger partial charge in [0.15, 0.2) is 5.78 Å². The van der Waals surface area contributed by atoms with Gasteiger partial charge in [-0.05, 0) is 39.3 Å². The van der Waals surface area contributed by atoms with E-state index >= 15 is 0 Å². The van der Waals surface area contributed by atoms with Crippen LogP contribution in [-0.4, -0.2) is 64.3 Å². The molecule has 1 aliphatic heterocycles. The van der Waals surface area contributed by atoms with Crippen LogP contribution >= 0.6 is 11.6 Å². The maximum Gasteiger partial charge on any atom is 0.412 e. The predicted octanol–water partition coefficient (Wildman–Crippen LogP) is 1.53. The predicted molar refractivity (Wildman–Crippen MR) is 126 cm³/mol. The summed E-state index contributed by atoms with van der Waals surface area (Å²) < 4.78 is 6.28. The van der Waals surface area contributed by atoms with E-state index in [2.05, 4.69) is 16.6 Å². The van der Waals surface area contributed by atoms with E-state index in [4.69, 9.17) is 22.8 Å². The number of halogens is 1. The summed E-state index contributed by atoms with van der Waals surface area (Å²) in [6.07, 6.45) is 6.41. The lowest BCUT2D eigenvalue weighted by molar-refractivity contribution is -0.136. The molecule has 0 aliphatic carbocycles. The van der Waals surface area contributed by atoms with Gasteiger partial charge in [0.1, 0.15) is 23.2 Å². The Morgan fingerprint density at radius 1 is 1.38 bits per heavy atom. The van der Waals surface area contributed by atoms with Crippen LogP contribution in [0.1, 0.15) is 39.7 Å². The fraction of sp³-hybridized carbons (Fsp3) is 0.522. The number of rotatable bonds is 9. The van der Waals surface area contributed by atoms with Gasteiger partial charge >= 0.3 is 6.09 Å². The molecule has 1 aromatic heterocycles. The van der Waals surface area contributed by atoms with Crippen molar-refractivity contribution in [3.8, 4) is 12.3 Å². The Balaban J connectivity index is 2.26. The fourth-order valence-electron chi connectivity index (χ4n) is 3.46. The number of ether oxygens (including phenoxy) is 1. The average molecular weight is 493 g/mol. The van der Waals surface area contributed by atoms with Gasteiger partial charge < -0.3 is 19.5 Å². The minimum Gasteiger partial charge on any atom is -0.444 e. The molecular formula is C23H29ClN4O6. The monoisotopic (exact) mass is 492 g/mol. The number of carbonyl (C=O) groups excluding carboxylic acids is 4. The van der Waals surface area contributed by atoms with Crippen molar-refractivity contribution in [1.29, 1.82) is 0 Å². The number of amides is 3. The molecule has 0 radical (unpaired) electrons. The Hall–Kier alpha value is -3.32. The second kappa shape index (κ2) is 11.7. The lowest BCUT2D eigenvalue weighted by Gasteiger charge is -2.26. The molecule has 184 valence electrons. The number of aromatic nitrogens is 1. The molecule has 1 aromatic rings. The summed E-state index contributed by atoms with van der Waals surface area (Å²) in [5, 5.41) is 5.07. The Morgan fingerprint density at radius 2 is 2.09 bits per heavy atom. The number of anilines is 1. The van der Waals surface area contributed by atoms with E-state index in [0.29, 0.717) is 13.0 Å². The first-order valence-corrected chi connectivity index (χ1v) is 11.3. The molecule has 0 spiro atoms. The third kappa shape index (κ3) is 7.35. The highest BCUT2D eigenvalue weighted by Gasteiger charge is 2.31. The molecule has 3 amide bonds. The lowest BCUT2D eigenvalue weighted by Crippen LogP contribution is -2.44. The number of nitrogens with zero attached hydrogens (tertiary/aromatic N) is 2. The van der Waals surface area contributed by atoms with Crippen LogP contribution < -0.4 is 16.2 Å². The van der Waals surface area contributed by atoms with Gasteiger partial charge in [0, 0.05) is 25.7 Å². The van der Waals surface area contributed by atoms with Crippen LogP contribution in [0.3, 0.4) is 0 Å². The summed E-state index contributed by atoms with van der Waals surface area (Å²) in [4.78, 5) is 63.8. The van der Waals surface area contributed by atoms with Crippen LogP contribution in [0.5, 0.6) is 0 Å². The van der Waals surface area contributed by atoms with Gasteiger partial charge in [-0.25, -0.2) is 4.79 Å². The van der Waals surface area contributed by atoms with Crippen LogP contribution in [0.15, 0.2) is 23.1 Å². The van der Waals surface area contributed by atoms with Crippen LogP contribution in [-0.2, 0) is 19.1 Å². The van der Waals surface area contributed by atoms with Crippen molar-refractivity contribution in [3.63, 3.8) is 0 Å². The maximum atomic E-state index is 13.2. The number of hydrogen-bond donors (Lipinski definition) is 2. The zero-order valence-corrected chi connectivity index (χ0v) is 20.2. The number of carbonyl (C=O) groups is 4. The first kappa shape index (κ1) is 26.9. The normalized spacial score (nSPS) is 16.2. The zero-order valence-electron chi connectivity index (χ0n) is 19.4. The van der Waals surface area contributed by atoms with E-state index in [1.807, 2.05) is 0 Å². The quantitative estimate of drug-likeness (QED) is 0.397. The Labute approximate surface area is 203 Å². The summed E-state index contributed by atoms with van der Waals surface area (Å²) >= 11 is 5.71. The number of ketones is 1. The molecule has 2 atom stereocenters. The van der Waals surface area contributed by atoms with Gasteiger partial charge in [-0.1, -0.05) is 0 Å². The molecule has 1 saturated heterocycles. The van der Waals surface area contributed by atoms with E-state index in [9.17, 15) is 24.0 Å². The molecule has 0 aromatic carbocycles. The van der Waals surface area contributed by atoms with Crippen molar-refractivity contribution in [2.24, 2.45) is 5.92 Å². The summed E-state index contributed by atoms with van der Waals surface area (Å²) in [5.74, 6) is 0.345. The van der Waals surface area contributed by atoms with Crippen molar-refractivity contribution < 1.29 is 23.9 Å². The summed E-state index contributed by atoms with van der Waals surface area (Å²) in [7, 11) is 0. The number of terminal acetylenes is 1. The molecular weight excluding hydrogens is 464 g/mol.